The van der Waals surface area contributed by atoms with Gasteiger partial charge < -0.3 is 20.3 Å². The Hall–Kier alpha value is -3.92. The van der Waals surface area contributed by atoms with Crippen LogP contribution in [-0.2, 0) is 23.9 Å². The quantitative estimate of drug-likeness (QED) is 0.240. The summed E-state index contributed by atoms with van der Waals surface area (Å²) in [5.41, 5.74) is 0.566. The molecule has 2 N–H and O–H groups in total. The highest BCUT2D eigenvalue weighted by Gasteiger charge is 2.38. The Balaban J connectivity index is 1.50. The van der Waals surface area contributed by atoms with Crippen LogP contribution in [0.5, 0.6) is 0 Å². The molecule has 0 bridgehead atoms. The van der Waals surface area contributed by atoms with Crippen LogP contribution in [0.25, 0.3) is 10.8 Å². The second-order valence-electron chi connectivity index (χ2n) is 11.1. The first kappa shape index (κ1) is 31.0. The molecule has 0 spiro atoms. The van der Waals surface area contributed by atoms with Crippen molar-refractivity contribution in [2.24, 2.45) is 10.9 Å². The highest BCUT2D eigenvalue weighted by Crippen LogP contribution is 2.28. The Morgan fingerprint density at radius 3 is 2.45 bits per heavy atom. The minimum Gasteiger partial charge on any atom is -0.383 e. The van der Waals surface area contributed by atoms with Crippen molar-refractivity contribution < 1.29 is 28.7 Å². The highest BCUT2D eigenvalue weighted by atomic mass is 16.5. The van der Waals surface area contributed by atoms with E-state index in [-0.39, 0.29) is 24.8 Å². The van der Waals surface area contributed by atoms with Crippen molar-refractivity contribution in [2.45, 2.75) is 70.4 Å². The predicted molar refractivity (Wildman–Crippen MR) is 159 cm³/mol. The van der Waals surface area contributed by atoms with E-state index in [0.29, 0.717) is 31.4 Å². The molecule has 1 heterocycles. The van der Waals surface area contributed by atoms with Crippen molar-refractivity contribution >= 4 is 45.9 Å². The molecule has 2 fully saturated rings. The molecule has 10 heteroatoms. The van der Waals surface area contributed by atoms with Gasteiger partial charge in [-0.15, -0.1) is 0 Å². The summed E-state index contributed by atoms with van der Waals surface area (Å²) in [5.74, 6) is -2.77. The fourth-order valence-corrected chi connectivity index (χ4v) is 5.73. The molecule has 42 heavy (non-hydrogen) atoms. The molecule has 1 aliphatic carbocycles. The van der Waals surface area contributed by atoms with Gasteiger partial charge in [0, 0.05) is 25.8 Å². The number of ketones is 1. The first-order valence-corrected chi connectivity index (χ1v) is 14.8. The van der Waals surface area contributed by atoms with Gasteiger partial charge in [-0.3, -0.25) is 24.0 Å². The molecule has 2 aliphatic rings. The van der Waals surface area contributed by atoms with Gasteiger partial charge in [-0.2, -0.15) is 0 Å². The summed E-state index contributed by atoms with van der Waals surface area (Å²) in [4.78, 5) is 70.9. The number of methoxy groups -OCH3 is 1. The number of nitrogens with zero attached hydrogens (tertiary/aromatic N) is 2. The van der Waals surface area contributed by atoms with Gasteiger partial charge in [0.2, 0.25) is 11.7 Å². The summed E-state index contributed by atoms with van der Waals surface area (Å²) in [6, 6.07) is 11.2. The van der Waals surface area contributed by atoms with Gasteiger partial charge in [0.05, 0.1) is 12.6 Å². The average molecular weight is 577 g/mol. The summed E-state index contributed by atoms with van der Waals surface area (Å²) in [5, 5.41) is 6.96. The van der Waals surface area contributed by atoms with Crippen molar-refractivity contribution in [3.8, 4) is 0 Å². The van der Waals surface area contributed by atoms with E-state index in [9.17, 15) is 24.0 Å². The lowest BCUT2D eigenvalue weighted by molar-refractivity contribution is -0.141. The van der Waals surface area contributed by atoms with Crippen molar-refractivity contribution in [1.82, 2.24) is 15.5 Å². The topological polar surface area (TPSA) is 134 Å². The molecular weight excluding hydrogens is 536 g/mol. The van der Waals surface area contributed by atoms with Gasteiger partial charge in [0.1, 0.15) is 11.8 Å². The van der Waals surface area contributed by atoms with Crippen LogP contribution in [0.3, 0.4) is 0 Å². The first-order valence-electron chi connectivity index (χ1n) is 14.8. The van der Waals surface area contributed by atoms with Crippen LogP contribution < -0.4 is 10.6 Å². The van der Waals surface area contributed by atoms with Gasteiger partial charge in [-0.25, -0.2) is 4.99 Å². The zero-order chi connectivity index (χ0) is 30.1. The lowest BCUT2D eigenvalue weighted by Gasteiger charge is -2.27. The summed E-state index contributed by atoms with van der Waals surface area (Å²) in [6.07, 6.45) is 6.61. The lowest BCUT2D eigenvalue weighted by atomic mass is 9.85. The molecule has 2 atom stereocenters. The first-order chi connectivity index (χ1) is 20.3. The van der Waals surface area contributed by atoms with Crippen LogP contribution in [0, 0.1) is 5.92 Å². The number of ether oxygens (including phenoxy) is 1. The fraction of sp³-hybridized carbons (Fsp3) is 0.500. The van der Waals surface area contributed by atoms with Crippen molar-refractivity contribution in [1.29, 1.82) is 0 Å². The normalized spacial score (nSPS) is 18.5. The summed E-state index contributed by atoms with van der Waals surface area (Å²) >= 11 is 0. The van der Waals surface area contributed by atoms with E-state index in [4.69, 9.17) is 4.74 Å². The summed E-state index contributed by atoms with van der Waals surface area (Å²) in [6.45, 7) is 2.21. The number of hydrogen-bond donors (Lipinski definition) is 2. The number of rotatable bonds is 11. The van der Waals surface area contributed by atoms with Crippen LogP contribution in [0.2, 0.25) is 0 Å². The number of hydrogen-bond acceptors (Lipinski definition) is 6. The van der Waals surface area contributed by atoms with E-state index in [1.165, 1.54) is 18.9 Å². The Kier molecular flexibility index (Phi) is 10.9. The van der Waals surface area contributed by atoms with Crippen LogP contribution >= 0.6 is 0 Å². The van der Waals surface area contributed by atoms with Crippen molar-refractivity contribution in [3.63, 3.8) is 0 Å². The van der Waals surface area contributed by atoms with E-state index in [1.807, 2.05) is 30.3 Å². The number of nitrogens with one attached hydrogen (secondary N) is 2. The molecular formula is C32H40N4O6. The van der Waals surface area contributed by atoms with E-state index >= 15 is 0 Å². The molecule has 10 nitrogen and oxygen atoms in total. The molecule has 1 saturated heterocycles. The van der Waals surface area contributed by atoms with Gasteiger partial charge in [-0.1, -0.05) is 62.4 Å². The van der Waals surface area contributed by atoms with E-state index in [0.717, 1.165) is 42.9 Å². The third kappa shape index (κ3) is 7.88. The number of carbonyl (C=O) groups is 5. The molecule has 4 amide bonds. The molecule has 1 saturated carbocycles. The Labute approximate surface area is 246 Å². The van der Waals surface area contributed by atoms with E-state index in [1.54, 1.807) is 12.1 Å². The average Bonchev–Trinajstić information content (AvgIpc) is 3.50. The molecule has 1 unspecified atom stereocenters. The molecule has 0 radical (unpaired) electrons. The van der Waals surface area contributed by atoms with Crippen LogP contribution in [0.1, 0.15) is 68.6 Å². The molecule has 224 valence electrons. The Morgan fingerprint density at radius 2 is 1.71 bits per heavy atom. The molecule has 1 aliphatic heterocycles. The summed E-state index contributed by atoms with van der Waals surface area (Å²) in [7, 11) is 1.48. The maximum absolute atomic E-state index is 13.9. The number of likely N-dealkylation sites (tertiary alicyclic amines) is 1. The Morgan fingerprint density at radius 1 is 0.976 bits per heavy atom. The largest absolute Gasteiger partial charge is 0.383 e. The number of amides is 4. The van der Waals surface area contributed by atoms with E-state index in [2.05, 4.69) is 15.6 Å². The fourth-order valence-electron chi connectivity index (χ4n) is 5.73. The highest BCUT2D eigenvalue weighted by molar-refractivity contribution is 6.41. The van der Waals surface area contributed by atoms with Gasteiger partial charge >= 0.3 is 0 Å². The second kappa shape index (κ2) is 14.8. The second-order valence-corrected chi connectivity index (χ2v) is 11.1. The third-order valence-corrected chi connectivity index (χ3v) is 8.07. The van der Waals surface area contributed by atoms with Gasteiger partial charge in [0.15, 0.2) is 0 Å². The van der Waals surface area contributed by atoms with Crippen molar-refractivity contribution in [2.75, 3.05) is 26.8 Å². The lowest BCUT2D eigenvalue weighted by Crippen LogP contribution is -2.53. The third-order valence-electron chi connectivity index (χ3n) is 8.07. The SMILES string of the molecule is COCCNC(=O)C(=O)C(C)NC(=O)[C@@H]1CCCN1C(=O)C(CC1CCCCC1)=NC(=O)c1ccc2ccccc2c1. The number of Topliss-reactive ketones (excluding diaryl/α,β-unsaturated/α-hetero) is 1. The van der Waals surface area contributed by atoms with Crippen LogP contribution in [0.15, 0.2) is 47.5 Å². The zero-order valence-corrected chi connectivity index (χ0v) is 24.4. The van der Waals surface area contributed by atoms with Gasteiger partial charge in [0.25, 0.3) is 17.7 Å². The molecule has 2 aromatic carbocycles. The zero-order valence-electron chi connectivity index (χ0n) is 24.4. The summed E-state index contributed by atoms with van der Waals surface area (Å²) < 4.78 is 4.87. The standard InChI is InChI=1S/C32H40N4O6/c1-21(28(37)31(40)33-16-18-42-2)34-30(39)27-13-8-17-36(27)32(41)26(19-22-9-4-3-5-10-22)35-29(38)25-15-14-23-11-6-7-12-24(23)20-25/h6-7,11-12,14-15,20-22,27H,3-5,8-10,13,16-19H2,1-2H3,(H,33,40)(H,34,39)/t21?,27-/m0/s1. The van der Waals surface area contributed by atoms with Gasteiger partial charge in [-0.05, 0) is 55.0 Å². The number of aliphatic imine (C=N–C) groups is 1. The van der Waals surface area contributed by atoms with E-state index < -0.39 is 41.5 Å². The number of fused-ring (bicyclic) bond motifs is 1. The number of benzene rings is 2. The van der Waals surface area contributed by atoms with Crippen LogP contribution in [-0.4, -0.2) is 78.9 Å². The van der Waals surface area contributed by atoms with Crippen molar-refractivity contribution in [3.05, 3.63) is 48.0 Å². The molecule has 2 aromatic rings. The smallest absolute Gasteiger partial charge is 0.289 e. The predicted octanol–water partition coefficient (Wildman–Crippen LogP) is 3.22. The Bertz CT molecular complexity index is 1350. The maximum Gasteiger partial charge on any atom is 0.289 e. The number of carbonyl (C=O) groups excluding carboxylic acids is 5. The maximum atomic E-state index is 13.9. The monoisotopic (exact) mass is 576 g/mol. The minimum atomic E-state index is -1.07. The molecule has 0 aromatic heterocycles. The van der Waals surface area contributed by atoms with Crippen LogP contribution in [0.4, 0.5) is 0 Å². The molecule has 4 rings (SSSR count). The minimum absolute atomic E-state index is 0.168.